The minimum Gasteiger partial charge on any atom is -0.387 e. The number of carbonyl (C=O) groups excluding carboxylic acids is 1. The lowest BCUT2D eigenvalue weighted by Crippen LogP contribution is -2.34. The predicted octanol–water partition coefficient (Wildman–Crippen LogP) is 3.06. The SMILES string of the molecule is Cc1cc(C)n([C@H](C)C(=O)NC[C@H](O)c2ccc3ccccc3c2)n1. The van der Waals surface area contributed by atoms with Crippen LogP contribution >= 0.6 is 0 Å². The van der Waals surface area contributed by atoms with Crippen LogP contribution in [0.2, 0.25) is 0 Å². The standard InChI is InChI=1S/C20H23N3O2/c1-13-10-14(2)23(22-13)15(3)20(25)21-12-19(24)18-9-8-16-6-4-5-7-17(16)11-18/h4-11,15,19,24H,12H2,1-3H3,(H,21,25)/t15-,19+/m1/s1. The minimum atomic E-state index is -0.749. The predicted molar refractivity (Wildman–Crippen MR) is 98.3 cm³/mol. The van der Waals surface area contributed by atoms with Crippen LogP contribution in [0.1, 0.15) is 36.0 Å². The largest absolute Gasteiger partial charge is 0.387 e. The highest BCUT2D eigenvalue weighted by Crippen LogP contribution is 2.20. The quantitative estimate of drug-likeness (QED) is 0.752. The summed E-state index contributed by atoms with van der Waals surface area (Å²) in [5.41, 5.74) is 2.61. The van der Waals surface area contributed by atoms with Crippen molar-refractivity contribution in [2.24, 2.45) is 0 Å². The molecule has 2 aromatic carbocycles. The van der Waals surface area contributed by atoms with Crippen LogP contribution in [0.5, 0.6) is 0 Å². The molecule has 3 rings (SSSR count). The Morgan fingerprint density at radius 2 is 1.88 bits per heavy atom. The molecule has 130 valence electrons. The Morgan fingerprint density at radius 1 is 1.16 bits per heavy atom. The van der Waals surface area contributed by atoms with E-state index in [1.54, 1.807) is 11.6 Å². The second-order valence-corrected chi connectivity index (χ2v) is 6.42. The van der Waals surface area contributed by atoms with Crippen LogP contribution in [0.15, 0.2) is 48.5 Å². The lowest BCUT2D eigenvalue weighted by Gasteiger charge is -2.17. The van der Waals surface area contributed by atoms with Gasteiger partial charge in [0.05, 0.1) is 11.8 Å². The van der Waals surface area contributed by atoms with Gasteiger partial charge in [-0.25, -0.2) is 0 Å². The summed E-state index contributed by atoms with van der Waals surface area (Å²) in [5.74, 6) is -0.161. The molecular formula is C20H23N3O2. The highest BCUT2D eigenvalue weighted by atomic mass is 16.3. The minimum absolute atomic E-state index is 0.161. The van der Waals surface area contributed by atoms with Crippen molar-refractivity contribution in [3.63, 3.8) is 0 Å². The Morgan fingerprint density at radius 3 is 2.56 bits per heavy atom. The lowest BCUT2D eigenvalue weighted by molar-refractivity contribution is -0.124. The molecule has 0 aliphatic rings. The Balaban J connectivity index is 1.65. The molecule has 1 aromatic heterocycles. The maximum atomic E-state index is 12.4. The third-order valence-electron chi connectivity index (χ3n) is 4.42. The molecule has 0 aliphatic carbocycles. The van der Waals surface area contributed by atoms with Crippen LogP contribution in [0, 0.1) is 13.8 Å². The van der Waals surface area contributed by atoms with Gasteiger partial charge in [-0.2, -0.15) is 5.10 Å². The molecule has 1 amide bonds. The number of aryl methyl sites for hydroxylation is 2. The summed E-state index contributed by atoms with van der Waals surface area (Å²) in [6, 6.07) is 15.3. The van der Waals surface area contributed by atoms with Crippen LogP contribution in [-0.4, -0.2) is 27.3 Å². The molecule has 0 aliphatic heterocycles. The number of aromatic nitrogens is 2. The number of nitrogens with zero attached hydrogens (tertiary/aromatic N) is 2. The smallest absolute Gasteiger partial charge is 0.244 e. The van der Waals surface area contributed by atoms with Gasteiger partial charge < -0.3 is 10.4 Å². The summed E-state index contributed by atoms with van der Waals surface area (Å²) in [4.78, 5) is 12.4. The van der Waals surface area contributed by atoms with E-state index in [-0.39, 0.29) is 12.5 Å². The lowest BCUT2D eigenvalue weighted by atomic mass is 10.0. The Bertz CT molecular complexity index is 901. The molecule has 25 heavy (non-hydrogen) atoms. The third kappa shape index (κ3) is 3.72. The average Bonchev–Trinajstić information content (AvgIpc) is 2.96. The second kappa shape index (κ2) is 7.07. The number of hydrogen-bond donors (Lipinski definition) is 2. The van der Waals surface area contributed by atoms with Crippen molar-refractivity contribution in [1.82, 2.24) is 15.1 Å². The number of nitrogens with one attached hydrogen (secondary N) is 1. The van der Waals surface area contributed by atoms with E-state index in [0.717, 1.165) is 27.7 Å². The second-order valence-electron chi connectivity index (χ2n) is 6.42. The molecule has 1 heterocycles. The fourth-order valence-corrected chi connectivity index (χ4v) is 3.03. The van der Waals surface area contributed by atoms with Crippen molar-refractivity contribution in [2.75, 3.05) is 6.54 Å². The number of amides is 1. The molecule has 0 bridgehead atoms. The van der Waals surface area contributed by atoms with Gasteiger partial charge in [-0.05, 0) is 49.2 Å². The number of carbonyl (C=O) groups is 1. The summed E-state index contributed by atoms with van der Waals surface area (Å²) >= 11 is 0. The first-order valence-electron chi connectivity index (χ1n) is 8.43. The monoisotopic (exact) mass is 337 g/mol. The number of hydrogen-bond acceptors (Lipinski definition) is 3. The molecular weight excluding hydrogens is 314 g/mol. The van der Waals surface area contributed by atoms with E-state index < -0.39 is 12.1 Å². The topological polar surface area (TPSA) is 67.2 Å². The molecule has 0 saturated heterocycles. The van der Waals surface area contributed by atoms with E-state index in [4.69, 9.17) is 0 Å². The van der Waals surface area contributed by atoms with Gasteiger partial charge in [-0.15, -0.1) is 0 Å². The first-order chi connectivity index (χ1) is 12.0. The molecule has 5 heteroatoms. The number of rotatable bonds is 5. The maximum absolute atomic E-state index is 12.4. The summed E-state index contributed by atoms with van der Waals surface area (Å²) in [6.45, 7) is 5.79. The van der Waals surface area contributed by atoms with Gasteiger partial charge in [0.25, 0.3) is 0 Å². The van der Waals surface area contributed by atoms with E-state index in [1.165, 1.54) is 0 Å². The average molecular weight is 337 g/mol. The zero-order valence-corrected chi connectivity index (χ0v) is 14.7. The normalized spacial score (nSPS) is 13.6. The van der Waals surface area contributed by atoms with Crippen molar-refractivity contribution in [3.05, 3.63) is 65.5 Å². The van der Waals surface area contributed by atoms with E-state index in [1.807, 2.05) is 62.4 Å². The van der Waals surface area contributed by atoms with E-state index in [0.29, 0.717) is 0 Å². The fraction of sp³-hybridized carbons (Fsp3) is 0.300. The van der Waals surface area contributed by atoms with Gasteiger partial charge in [-0.1, -0.05) is 36.4 Å². The first-order valence-corrected chi connectivity index (χ1v) is 8.43. The number of fused-ring (bicyclic) bond motifs is 1. The highest BCUT2D eigenvalue weighted by Gasteiger charge is 2.19. The number of aliphatic hydroxyl groups is 1. The summed E-state index contributed by atoms with van der Waals surface area (Å²) in [5, 5.41) is 19.8. The van der Waals surface area contributed by atoms with Crippen LogP contribution < -0.4 is 5.32 Å². The molecule has 0 spiro atoms. The van der Waals surface area contributed by atoms with Crippen molar-refractivity contribution in [2.45, 2.75) is 32.9 Å². The highest BCUT2D eigenvalue weighted by molar-refractivity contribution is 5.83. The van der Waals surface area contributed by atoms with Crippen LogP contribution in [0.4, 0.5) is 0 Å². The van der Waals surface area contributed by atoms with Crippen LogP contribution in [-0.2, 0) is 4.79 Å². The van der Waals surface area contributed by atoms with Crippen molar-refractivity contribution < 1.29 is 9.90 Å². The molecule has 3 aromatic rings. The zero-order valence-electron chi connectivity index (χ0n) is 14.7. The zero-order chi connectivity index (χ0) is 18.0. The van der Waals surface area contributed by atoms with E-state index >= 15 is 0 Å². The molecule has 0 unspecified atom stereocenters. The molecule has 2 atom stereocenters. The Kier molecular flexibility index (Phi) is 4.86. The van der Waals surface area contributed by atoms with Gasteiger partial charge in [0.1, 0.15) is 6.04 Å². The number of benzene rings is 2. The van der Waals surface area contributed by atoms with E-state index in [2.05, 4.69) is 10.4 Å². The summed E-state index contributed by atoms with van der Waals surface area (Å²) in [7, 11) is 0. The first kappa shape index (κ1) is 17.2. The molecule has 2 N–H and O–H groups in total. The van der Waals surface area contributed by atoms with Gasteiger partial charge in [0.2, 0.25) is 5.91 Å². The summed E-state index contributed by atoms with van der Waals surface area (Å²) in [6.07, 6.45) is -0.749. The van der Waals surface area contributed by atoms with Gasteiger partial charge in [0, 0.05) is 12.2 Å². The maximum Gasteiger partial charge on any atom is 0.244 e. The molecule has 5 nitrogen and oxygen atoms in total. The van der Waals surface area contributed by atoms with Crippen molar-refractivity contribution in [1.29, 1.82) is 0 Å². The van der Waals surface area contributed by atoms with Crippen molar-refractivity contribution in [3.8, 4) is 0 Å². The Labute approximate surface area is 147 Å². The van der Waals surface area contributed by atoms with Crippen LogP contribution in [0.25, 0.3) is 10.8 Å². The molecule has 0 saturated carbocycles. The van der Waals surface area contributed by atoms with Crippen LogP contribution in [0.3, 0.4) is 0 Å². The summed E-state index contributed by atoms with van der Waals surface area (Å²) < 4.78 is 1.70. The van der Waals surface area contributed by atoms with Crippen molar-refractivity contribution >= 4 is 16.7 Å². The van der Waals surface area contributed by atoms with Gasteiger partial charge in [-0.3, -0.25) is 9.48 Å². The number of aliphatic hydroxyl groups excluding tert-OH is 1. The fourth-order valence-electron chi connectivity index (χ4n) is 3.03. The molecule has 0 fully saturated rings. The van der Waals surface area contributed by atoms with Gasteiger partial charge >= 0.3 is 0 Å². The third-order valence-corrected chi connectivity index (χ3v) is 4.42. The van der Waals surface area contributed by atoms with Gasteiger partial charge in [0.15, 0.2) is 0 Å². The van der Waals surface area contributed by atoms with E-state index in [9.17, 15) is 9.90 Å². The molecule has 0 radical (unpaired) electrons. The Hall–Kier alpha value is -2.66.